The second-order valence-corrected chi connectivity index (χ2v) is 5.08. The van der Waals surface area contributed by atoms with Gasteiger partial charge in [-0.15, -0.1) is 0 Å². The normalized spacial score (nSPS) is 12.2. The molecule has 3 nitrogen and oxygen atoms in total. The number of nitrogens with one attached hydrogen (secondary N) is 1. The van der Waals surface area contributed by atoms with Crippen LogP contribution in [0, 0.1) is 5.82 Å². The summed E-state index contributed by atoms with van der Waals surface area (Å²) < 4.78 is 12.8. The minimum Gasteiger partial charge on any atom is -0.398 e. The zero-order valence-corrected chi connectivity index (χ0v) is 10.8. The van der Waals surface area contributed by atoms with Crippen LogP contribution < -0.4 is 11.1 Å². The van der Waals surface area contributed by atoms with Gasteiger partial charge >= 0.3 is 0 Å². The molecule has 94 valence electrons. The molecule has 1 aromatic carbocycles. The standard InChI is InChI=1S/C12H17FN2OS/c1-3-17-7-8(2)15-12(16)10-5-4-9(13)6-11(10)14/h4-6,8H,3,7,14H2,1-2H3,(H,15,16). The van der Waals surface area contributed by atoms with Crippen molar-refractivity contribution >= 4 is 23.4 Å². The number of rotatable bonds is 5. The van der Waals surface area contributed by atoms with Gasteiger partial charge < -0.3 is 11.1 Å². The molecule has 0 saturated heterocycles. The first-order chi connectivity index (χ1) is 8.04. The van der Waals surface area contributed by atoms with Crippen LogP contribution in [-0.2, 0) is 0 Å². The van der Waals surface area contributed by atoms with E-state index < -0.39 is 5.82 Å². The molecule has 1 amide bonds. The molecule has 0 fully saturated rings. The molecule has 0 aliphatic rings. The van der Waals surface area contributed by atoms with Gasteiger partial charge in [0.2, 0.25) is 0 Å². The Hall–Kier alpha value is -1.23. The van der Waals surface area contributed by atoms with E-state index in [1.807, 2.05) is 6.92 Å². The maximum absolute atomic E-state index is 12.8. The van der Waals surface area contributed by atoms with E-state index in [1.54, 1.807) is 11.8 Å². The van der Waals surface area contributed by atoms with Crippen molar-refractivity contribution in [1.29, 1.82) is 0 Å². The van der Waals surface area contributed by atoms with E-state index in [9.17, 15) is 9.18 Å². The lowest BCUT2D eigenvalue weighted by Crippen LogP contribution is -2.34. The highest BCUT2D eigenvalue weighted by atomic mass is 32.2. The molecule has 1 aromatic rings. The zero-order valence-electron chi connectivity index (χ0n) is 10.00. The fourth-order valence-electron chi connectivity index (χ4n) is 1.38. The van der Waals surface area contributed by atoms with Crippen LogP contribution in [0.25, 0.3) is 0 Å². The molecule has 17 heavy (non-hydrogen) atoms. The van der Waals surface area contributed by atoms with Crippen molar-refractivity contribution in [1.82, 2.24) is 5.32 Å². The third-order valence-electron chi connectivity index (χ3n) is 2.21. The first-order valence-electron chi connectivity index (χ1n) is 5.48. The van der Waals surface area contributed by atoms with Gasteiger partial charge in [0.1, 0.15) is 5.82 Å². The summed E-state index contributed by atoms with van der Waals surface area (Å²) in [5, 5.41) is 2.83. The van der Waals surface area contributed by atoms with Gasteiger partial charge in [0, 0.05) is 17.5 Å². The average Bonchev–Trinajstić information content (AvgIpc) is 2.26. The number of carbonyl (C=O) groups is 1. The van der Waals surface area contributed by atoms with Crippen LogP contribution >= 0.6 is 11.8 Å². The first-order valence-corrected chi connectivity index (χ1v) is 6.63. The van der Waals surface area contributed by atoms with Crippen molar-refractivity contribution in [2.45, 2.75) is 19.9 Å². The molecule has 1 atom stereocenters. The fraction of sp³-hybridized carbons (Fsp3) is 0.417. The van der Waals surface area contributed by atoms with Gasteiger partial charge in [-0.2, -0.15) is 11.8 Å². The summed E-state index contributed by atoms with van der Waals surface area (Å²) in [5.41, 5.74) is 6.08. The third kappa shape index (κ3) is 4.26. The SMILES string of the molecule is CCSCC(C)NC(=O)c1ccc(F)cc1N. The smallest absolute Gasteiger partial charge is 0.253 e. The van der Waals surface area contributed by atoms with Gasteiger partial charge in [0.25, 0.3) is 5.91 Å². The number of amides is 1. The second-order valence-electron chi connectivity index (χ2n) is 3.77. The molecule has 0 radical (unpaired) electrons. The molecule has 0 aliphatic carbocycles. The summed E-state index contributed by atoms with van der Waals surface area (Å²) in [6, 6.07) is 3.86. The van der Waals surface area contributed by atoms with E-state index in [1.165, 1.54) is 12.1 Å². The Morgan fingerprint density at radius 2 is 2.29 bits per heavy atom. The Labute approximate surface area is 105 Å². The number of nitrogens with two attached hydrogens (primary N) is 1. The highest BCUT2D eigenvalue weighted by molar-refractivity contribution is 7.99. The third-order valence-corrected chi connectivity index (χ3v) is 3.35. The van der Waals surface area contributed by atoms with E-state index in [0.717, 1.165) is 17.6 Å². The second kappa shape index (κ2) is 6.49. The molecule has 0 bridgehead atoms. The van der Waals surface area contributed by atoms with Crippen molar-refractivity contribution < 1.29 is 9.18 Å². The number of thioether (sulfide) groups is 1. The molecular formula is C12H17FN2OS. The largest absolute Gasteiger partial charge is 0.398 e. The molecule has 0 aromatic heterocycles. The minimum absolute atomic E-state index is 0.0666. The predicted molar refractivity (Wildman–Crippen MR) is 70.7 cm³/mol. The van der Waals surface area contributed by atoms with Gasteiger partial charge in [-0.05, 0) is 30.9 Å². The zero-order chi connectivity index (χ0) is 12.8. The summed E-state index contributed by atoms with van der Waals surface area (Å²) >= 11 is 1.75. The van der Waals surface area contributed by atoms with E-state index in [-0.39, 0.29) is 17.6 Å². The summed E-state index contributed by atoms with van der Waals surface area (Å²) in [6.07, 6.45) is 0. The van der Waals surface area contributed by atoms with Gasteiger partial charge in [-0.1, -0.05) is 6.92 Å². The summed E-state index contributed by atoms with van der Waals surface area (Å²) in [6.45, 7) is 4.00. The molecular weight excluding hydrogens is 239 g/mol. The lowest BCUT2D eigenvalue weighted by atomic mass is 10.1. The lowest BCUT2D eigenvalue weighted by molar-refractivity contribution is 0.0944. The van der Waals surface area contributed by atoms with Crippen LogP contribution in [0.5, 0.6) is 0 Å². The molecule has 5 heteroatoms. The average molecular weight is 256 g/mol. The van der Waals surface area contributed by atoms with E-state index in [4.69, 9.17) is 5.73 Å². The number of nitrogen functional groups attached to an aromatic ring is 1. The van der Waals surface area contributed by atoms with Crippen molar-refractivity contribution in [3.63, 3.8) is 0 Å². The number of hydrogen-bond donors (Lipinski definition) is 2. The minimum atomic E-state index is -0.436. The number of anilines is 1. The molecule has 0 heterocycles. The monoisotopic (exact) mass is 256 g/mol. The van der Waals surface area contributed by atoms with Crippen molar-refractivity contribution in [2.75, 3.05) is 17.2 Å². The number of benzene rings is 1. The maximum Gasteiger partial charge on any atom is 0.253 e. The molecule has 0 aliphatic heterocycles. The topological polar surface area (TPSA) is 55.1 Å². The first kappa shape index (κ1) is 13.8. The van der Waals surface area contributed by atoms with Crippen LogP contribution in [0.2, 0.25) is 0 Å². The fourth-order valence-corrected chi connectivity index (χ4v) is 2.05. The summed E-state index contributed by atoms with van der Waals surface area (Å²) in [4.78, 5) is 11.8. The van der Waals surface area contributed by atoms with E-state index >= 15 is 0 Å². The number of carbonyl (C=O) groups excluding carboxylic acids is 1. The van der Waals surface area contributed by atoms with Crippen LogP contribution in [0.3, 0.4) is 0 Å². The van der Waals surface area contributed by atoms with Gasteiger partial charge in [-0.25, -0.2) is 4.39 Å². The van der Waals surface area contributed by atoms with Crippen LogP contribution in [0.4, 0.5) is 10.1 Å². The van der Waals surface area contributed by atoms with Gasteiger partial charge in [0.15, 0.2) is 0 Å². The Morgan fingerprint density at radius 3 is 2.88 bits per heavy atom. The van der Waals surface area contributed by atoms with Crippen molar-refractivity contribution in [3.8, 4) is 0 Å². The van der Waals surface area contributed by atoms with Crippen LogP contribution in [0.1, 0.15) is 24.2 Å². The lowest BCUT2D eigenvalue weighted by Gasteiger charge is -2.14. The predicted octanol–water partition coefficient (Wildman–Crippen LogP) is 2.28. The van der Waals surface area contributed by atoms with Crippen LogP contribution in [-0.4, -0.2) is 23.5 Å². The Kier molecular flexibility index (Phi) is 5.28. The Bertz CT molecular complexity index is 398. The quantitative estimate of drug-likeness (QED) is 0.795. The van der Waals surface area contributed by atoms with E-state index in [2.05, 4.69) is 12.2 Å². The molecule has 1 unspecified atom stereocenters. The molecule has 3 N–H and O–H groups in total. The van der Waals surface area contributed by atoms with Crippen molar-refractivity contribution in [3.05, 3.63) is 29.6 Å². The summed E-state index contributed by atoms with van der Waals surface area (Å²) in [7, 11) is 0. The highest BCUT2D eigenvalue weighted by Crippen LogP contribution is 2.13. The number of hydrogen-bond acceptors (Lipinski definition) is 3. The van der Waals surface area contributed by atoms with Gasteiger partial charge in [0.05, 0.1) is 5.56 Å². The van der Waals surface area contributed by atoms with Crippen LogP contribution in [0.15, 0.2) is 18.2 Å². The molecule has 0 saturated carbocycles. The van der Waals surface area contributed by atoms with Gasteiger partial charge in [-0.3, -0.25) is 4.79 Å². The molecule has 1 rings (SSSR count). The molecule has 0 spiro atoms. The van der Waals surface area contributed by atoms with E-state index in [0.29, 0.717) is 5.56 Å². The Balaban J connectivity index is 2.63. The maximum atomic E-state index is 12.8. The Morgan fingerprint density at radius 1 is 1.59 bits per heavy atom. The number of halogens is 1. The van der Waals surface area contributed by atoms with Crippen molar-refractivity contribution in [2.24, 2.45) is 0 Å². The summed E-state index contributed by atoms with van der Waals surface area (Å²) in [5.74, 6) is 1.17. The highest BCUT2D eigenvalue weighted by Gasteiger charge is 2.12.